The maximum absolute atomic E-state index is 12.5. The molecule has 2 fully saturated rings. The quantitative estimate of drug-likeness (QED) is 0.701. The van der Waals surface area contributed by atoms with E-state index >= 15 is 0 Å². The summed E-state index contributed by atoms with van der Waals surface area (Å²) in [6, 6.07) is 0. The zero-order chi connectivity index (χ0) is 12.0. The third-order valence-corrected chi connectivity index (χ3v) is 4.58. The smallest absolute Gasteiger partial charge is 0.226 e. The van der Waals surface area contributed by atoms with Gasteiger partial charge in [-0.3, -0.25) is 4.79 Å². The zero-order valence-corrected chi connectivity index (χ0v) is 10.4. The average Bonchev–Trinajstić information content (AvgIpc) is 2.88. The lowest BCUT2D eigenvalue weighted by molar-refractivity contribution is -0.142. The molecule has 17 heavy (non-hydrogen) atoms. The van der Waals surface area contributed by atoms with Gasteiger partial charge in [0.2, 0.25) is 5.91 Å². The summed E-state index contributed by atoms with van der Waals surface area (Å²) in [5, 5.41) is 10.1. The molecule has 1 aliphatic heterocycles. The molecule has 3 aliphatic rings. The van der Waals surface area contributed by atoms with Crippen LogP contribution in [0, 0.1) is 17.8 Å². The third-order valence-electron chi connectivity index (χ3n) is 4.58. The van der Waals surface area contributed by atoms with Gasteiger partial charge >= 0.3 is 0 Å². The third kappa shape index (κ3) is 2.01. The summed E-state index contributed by atoms with van der Waals surface area (Å²) >= 11 is 0. The van der Waals surface area contributed by atoms with Gasteiger partial charge in [-0.05, 0) is 44.4 Å². The molecule has 0 aromatic carbocycles. The highest BCUT2D eigenvalue weighted by Crippen LogP contribution is 2.44. The van der Waals surface area contributed by atoms with Crippen LogP contribution in [0.15, 0.2) is 12.2 Å². The van der Waals surface area contributed by atoms with Gasteiger partial charge in [-0.2, -0.15) is 0 Å². The van der Waals surface area contributed by atoms with Gasteiger partial charge in [0.05, 0.1) is 5.60 Å². The number of nitrogens with zero attached hydrogens (tertiary/aromatic N) is 1. The van der Waals surface area contributed by atoms with Crippen LogP contribution in [0.1, 0.15) is 32.6 Å². The minimum Gasteiger partial charge on any atom is -0.388 e. The van der Waals surface area contributed by atoms with Crippen LogP contribution in [-0.4, -0.2) is 34.6 Å². The number of carbonyl (C=O) groups is 1. The first-order chi connectivity index (χ1) is 8.05. The second-order valence-electron chi connectivity index (χ2n) is 6.25. The molecule has 2 aliphatic carbocycles. The Hall–Kier alpha value is -0.830. The van der Waals surface area contributed by atoms with Gasteiger partial charge in [0.25, 0.3) is 0 Å². The molecule has 1 N–H and O–H groups in total. The Morgan fingerprint density at radius 3 is 2.82 bits per heavy atom. The molecule has 1 saturated heterocycles. The molecule has 3 rings (SSSR count). The van der Waals surface area contributed by atoms with Crippen LogP contribution in [-0.2, 0) is 4.79 Å². The van der Waals surface area contributed by atoms with Crippen molar-refractivity contribution < 1.29 is 9.90 Å². The van der Waals surface area contributed by atoms with Crippen LogP contribution in [0.2, 0.25) is 0 Å². The highest BCUT2D eigenvalue weighted by Gasteiger charge is 2.43. The number of hydrogen-bond acceptors (Lipinski definition) is 2. The van der Waals surface area contributed by atoms with Gasteiger partial charge in [-0.25, -0.2) is 0 Å². The molecule has 1 amide bonds. The Labute approximate surface area is 102 Å². The fraction of sp³-hybridized carbons (Fsp3) is 0.786. The van der Waals surface area contributed by atoms with Crippen LogP contribution in [0.25, 0.3) is 0 Å². The molecule has 0 spiro atoms. The largest absolute Gasteiger partial charge is 0.388 e. The van der Waals surface area contributed by atoms with Crippen molar-refractivity contribution in [2.24, 2.45) is 17.8 Å². The first kappa shape index (κ1) is 11.3. The van der Waals surface area contributed by atoms with E-state index in [4.69, 9.17) is 0 Å². The van der Waals surface area contributed by atoms with Crippen molar-refractivity contribution in [3.05, 3.63) is 12.2 Å². The van der Waals surface area contributed by atoms with E-state index in [1.165, 1.54) is 6.42 Å². The van der Waals surface area contributed by atoms with Crippen molar-refractivity contribution in [2.45, 2.75) is 38.2 Å². The van der Waals surface area contributed by atoms with Crippen molar-refractivity contribution in [3.8, 4) is 0 Å². The number of carbonyl (C=O) groups excluding carboxylic acids is 1. The molecule has 3 nitrogen and oxygen atoms in total. The predicted molar refractivity (Wildman–Crippen MR) is 65.3 cm³/mol. The maximum atomic E-state index is 12.5. The maximum Gasteiger partial charge on any atom is 0.226 e. The SMILES string of the molecule is CC1(O)CCCN(C(=O)C2CC3C=CC2C3)C1. The Kier molecular flexibility index (Phi) is 2.54. The fourth-order valence-electron chi connectivity index (χ4n) is 3.71. The number of likely N-dealkylation sites (tertiary alicyclic amines) is 1. The van der Waals surface area contributed by atoms with Crippen LogP contribution in [0.5, 0.6) is 0 Å². The molecule has 4 unspecified atom stereocenters. The van der Waals surface area contributed by atoms with E-state index in [0.29, 0.717) is 18.4 Å². The summed E-state index contributed by atoms with van der Waals surface area (Å²) in [5.74, 6) is 1.58. The zero-order valence-electron chi connectivity index (χ0n) is 10.4. The van der Waals surface area contributed by atoms with E-state index in [1.54, 1.807) is 0 Å². The number of rotatable bonds is 1. The Bertz CT molecular complexity index is 361. The van der Waals surface area contributed by atoms with E-state index in [9.17, 15) is 9.90 Å². The van der Waals surface area contributed by atoms with E-state index in [2.05, 4.69) is 12.2 Å². The minimum absolute atomic E-state index is 0.193. The summed E-state index contributed by atoms with van der Waals surface area (Å²) in [6.45, 7) is 3.18. The lowest BCUT2D eigenvalue weighted by atomic mass is 9.89. The highest BCUT2D eigenvalue weighted by molar-refractivity contribution is 5.80. The number of aliphatic hydroxyl groups is 1. The number of amides is 1. The fourth-order valence-corrected chi connectivity index (χ4v) is 3.71. The average molecular weight is 235 g/mol. The molecule has 1 heterocycles. The van der Waals surface area contributed by atoms with Gasteiger partial charge < -0.3 is 10.0 Å². The monoisotopic (exact) mass is 235 g/mol. The van der Waals surface area contributed by atoms with Crippen molar-refractivity contribution in [2.75, 3.05) is 13.1 Å². The second kappa shape index (κ2) is 3.84. The Morgan fingerprint density at radius 1 is 1.41 bits per heavy atom. The van der Waals surface area contributed by atoms with E-state index in [0.717, 1.165) is 25.8 Å². The number of fused-ring (bicyclic) bond motifs is 2. The van der Waals surface area contributed by atoms with E-state index in [-0.39, 0.29) is 11.8 Å². The summed E-state index contributed by atoms with van der Waals surface area (Å²) in [7, 11) is 0. The normalized spacial score (nSPS) is 44.4. The number of β-amino-alcohol motifs (C(OH)–C–C–N with tert-alkyl or cyclic N) is 1. The topological polar surface area (TPSA) is 40.5 Å². The molecule has 0 radical (unpaired) electrons. The van der Waals surface area contributed by atoms with Crippen molar-refractivity contribution >= 4 is 5.91 Å². The van der Waals surface area contributed by atoms with Gasteiger partial charge in [-0.15, -0.1) is 0 Å². The molecule has 0 aromatic rings. The minimum atomic E-state index is -0.679. The summed E-state index contributed by atoms with van der Waals surface area (Å²) < 4.78 is 0. The van der Waals surface area contributed by atoms with Gasteiger partial charge in [0, 0.05) is 19.0 Å². The summed E-state index contributed by atoms with van der Waals surface area (Å²) in [4.78, 5) is 14.4. The van der Waals surface area contributed by atoms with Crippen LogP contribution < -0.4 is 0 Å². The van der Waals surface area contributed by atoms with Gasteiger partial charge in [-0.1, -0.05) is 12.2 Å². The van der Waals surface area contributed by atoms with Crippen LogP contribution >= 0.6 is 0 Å². The molecule has 3 heteroatoms. The van der Waals surface area contributed by atoms with Crippen LogP contribution in [0.4, 0.5) is 0 Å². The Morgan fingerprint density at radius 2 is 2.24 bits per heavy atom. The highest BCUT2D eigenvalue weighted by atomic mass is 16.3. The molecular formula is C14H21NO2. The van der Waals surface area contributed by atoms with Crippen LogP contribution in [0.3, 0.4) is 0 Å². The van der Waals surface area contributed by atoms with Crippen molar-refractivity contribution in [1.29, 1.82) is 0 Å². The standard InChI is InChI=1S/C14H21NO2/c1-14(17)5-2-6-15(9-14)13(16)12-8-10-3-4-11(12)7-10/h3-4,10-12,17H,2,5-9H2,1H3. The number of hydrogen-bond donors (Lipinski definition) is 1. The van der Waals surface area contributed by atoms with E-state index in [1.807, 2.05) is 11.8 Å². The summed E-state index contributed by atoms with van der Waals surface area (Å²) in [6.07, 6.45) is 8.42. The molecule has 0 aromatic heterocycles. The summed E-state index contributed by atoms with van der Waals surface area (Å²) in [5.41, 5.74) is -0.679. The van der Waals surface area contributed by atoms with E-state index < -0.39 is 5.60 Å². The molecule has 4 atom stereocenters. The van der Waals surface area contributed by atoms with Crippen molar-refractivity contribution in [1.82, 2.24) is 4.90 Å². The molecular weight excluding hydrogens is 214 g/mol. The predicted octanol–water partition coefficient (Wildman–Crippen LogP) is 1.57. The second-order valence-corrected chi connectivity index (χ2v) is 6.25. The van der Waals surface area contributed by atoms with Crippen molar-refractivity contribution in [3.63, 3.8) is 0 Å². The molecule has 2 bridgehead atoms. The first-order valence-corrected chi connectivity index (χ1v) is 6.75. The number of allylic oxidation sites excluding steroid dienone is 2. The Balaban J connectivity index is 1.68. The first-order valence-electron chi connectivity index (χ1n) is 6.75. The lowest BCUT2D eigenvalue weighted by Gasteiger charge is -2.38. The van der Waals surface area contributed by atoms with Gasteiger partial charge in [0.15, 0.2) is 0 Å². The lowest BCUT2D eigenvalue weighted by Crippen LogP contribution is -2.50. The molecule has 1 saturated carbocycles. The molecule has 94 valence electrons. The number of piperidine rings is 1. The van der Waals surface area contributed by atoms with Gasteiger partial charge in [0.1, 0.15) is 0 Å².